The van der Waals surface area contributed by atoms with Crippen LogP contribution in [0.25, 0.3) is 33.0 Å². The summed E-state index contributed by atoms with van der Waals surface area (Å²) in [5.74, 6) is -1.30. The number of furan rings is 1. The summed E-state index contributed by atoms with van der Waals surface area (Å²) in [4.78, 5) is 76.8. The lowest BCUT2D eigenvalue weighted by Gasteiger charge is -2.30. The van der Waals surface area contributed by atoms with Crippen molar-refractivity contribution in [1.29, 1.82) is 0 Å². The first kappa shape index (κ1) is 41.2. The van der Waals surface area contributed by atoms with Crippen molar-refractivity contribution in [1.82, 2.24) is 43.6 Å². The highest BCUT2D eigenvalue weighted by Crippen LogP contribution is 2.34. The lowest BCUT2D eigenvalue weighted by Crippen LogP contribution is -2.41. The number of nitrogens with zero attached hydrogens (tertiary/aromatic N) is 9. The smallest absolute Gasteiger partial charge is 0.276 e. The standard InChI is InChI=1S/C43H47N13O6/c1-6-55-33(18-23(3)50-55)39(59)48-42-46-30-11-10-27(41(61)52-16-12-26(13-17-52)37(44)57)21-32(30)53(42)14-8-9-15-54-35-28-20-25(5)62-36(28)29(38(45)58)22-31(35)47-43(54)49-40(60)34-19-24(4)51-56(34)7-2/h8-11,18-22,26H,6-7,12-17H2,1-5H3,(H2,44,57)(H2,45,58)(H,46,48,59)(H,47,49,60)/b9-8+. The molecule has 6 heterocycles. The van der Waals surface area contributed by atoms with Crippen LogP contribution in [0.2, 0.25) is 0 Å². The molecule has 2 aromatic carbocycles. The van der Waals surface area contributed by atoms with Gasteiger partial charge in [-0.25, -0.2) is 9.97 Å². The molecule has 6 N–H and O–H groups in total. The van der Waals surface area contributed by atoms with Gasteiger partial charge in [0.1, 0.15) is 22.7 Å². The monoisotopic (exact) mass is 841 g/mol. The molecule has 1 aliphatic heterocycles. The van der Waals surface area contributed by atoms with Gasteiger partial charge >= 0.3 is 0 Å². The average molecular weight is 842 g/mol. The average Bonchev–Trinajstić information content (AvgIpc) is 4.07. The minimum Gasteiger partial charge on any atom is -0.460 e. The Morgan fingerprint density at radius 2 is 1.35 bits per heavy atom. The Morgan fingerprint density at radius 1 is 0.774 bits per heavy atom. The highest BCUT2D eigenvalue weighted by Gasteiger charge is 2.28. The second-order valence-corrected chi connectivity index (χ2v) is 15.4. The summed E-state index contributed by atoms with van der Waals surface area (Å²) in [6.07, 6.45) is 4.75. The number of carbonyl (C=O) groups excluding carboxylic acids is 5. The zero-order valence-electron chi connectivity index (χ0n) is 35.1. The number of hydrogen-bond donors (Lipinski definition) is 4. The molecule has 0 atom stereocenters. The van der Waals surface area contributed by atoms with Gasteiger partial charge in [-0.3, -0.25) is 44.0 Å². The third kappa shape index (κ3) is 7.67. The maximum atomic E-state index is 13.8. The summed E-state index contributed by atoms with van der Waals surface area (Å²) in [7, 11) is 0. The van der Waals surface area contributed by atoms with E-state index in [0.717, 1.165) is 0 Å². The normalized spacial score (nSPS) is 13.5. The van der Waals surface area contributed by atoms with Crippen LogP contribution in [0, 0.1) is 26.7 Å². The van der Waals surface area contributed by atoms with E-state index in [1.165, 1.54) is 0 Å². The van der Waals surface area contributed by atoms with Crippen LogP contribution in [0.5, 0.6) is 0 Å². The van der Waals surface area contributed by atoms with Crippen molar-refractivity contribution in [2.24, 2.45) is 17.4 Å². The Balaban J connectivity index is 1.16. The molecule has 0 aliphatic carbocycles. The predicted molar refractivity (Wildman–Crippen MR) is 231 cm³/mol. The number of fused-ring (bicyclic) bond motifs is 4. The van der Waals surface area contributed by atoms with Crippen LogP contribution in [-0.2, 0) is 31.0 Å². The maximum Gasteiger partial charge on any atom is 0.276 e. The highest BCUT2D eigenvalue weighted by molar-refractivity contribution is 6.14. The van der Waals surface area contributed by atoms with Gasteiger partial charge < -0.3 is 29.9 Å². The second kappa shape index (κ2) is 16.5. The molecule has 5 aromatic heterocycles. The number of anilines is 2. The van der Waals surface area contributed by atoms with Crippen molar-refractivity contribution in [3.63, 3.8) is 0 Å². The molecule has 19 nitrogen and oxygen atoms in total. The van der Waals surface area contributed by atoms with Crippen LogP contribution in [0.15, 0.2) is 59.0 Å². The summed E-state index contributed by atoms with van der Waals surface area (Å²) in [6, 6.07) is 12.0. The van der Waals surface area contributed by atoms with Gasteiger partial charge in [0.05, 0.1) is 39.0 Å². The van der Waals surface area contributed by atoms with Gasteiger partial charge in [0.2, 0.25) is 17.8 Å². The minimum atomic E-state index is -0.684. The predicted octanol–water partition coefficient (Wildman–Crippen LogP) is 4.69. The first-order valence-corrected chi connectivity index (χ1v) is 20.4. The van der Waals surface area contributed by atoms with E-state index in [4.69, 9.17) is 25.9 Å². The van der Waals surface area contributed by atoms with E-state index in [9.17, 15) is 24.0 Å². The Bertz CT molecular complexity index is 2970. The molecule has 0 radical (unpaired) electrons. The highest BCUT2D eigenvalue weighted by atomic mass is 16.3. The first-order chi connectivity index (χ1) is 29.7. The molecule has 62 heavy (non-hydrogen) atoms. The molecule has 8 rings (SSSR count). The number of allylic oxidation sites excluding steroid dienone is 2. The van der Waals surface area contributed by atoms with Crippen molar-refractivity contribution >= 4 is 74.5 Å². The number of benzene rings is 2. The Labute approximate surface area is 354 Å². The molecular formula is C43H47N13O6. The molecule has 1 fully saturated rings. The number of primary amides is 2. The van der Waals surface area contributed by atoms with Gasteiger partial charge in [0, 0.05) is 56.1 Å². The van der Waals surface area contributed by atoms with Gasteiger partial charge in [0.15, 0.2) is 0 Å². The number of likely N-dealkylation sites (tertiary alicyclic amines) is 1. The molecule has 0 bridgehead atoms. The lowest BCUT2D eigenvalue weighted by molar-refractivity contribution is -0.123. The van der Waals surface area contributed by atoms with Gasteiger partial charge in [0.25, 0.3) is 23.6 Å². The van der Waals surface area contributed by atoms with Crippen LogP contribution >= 0.6 is 0 Å². The van der Waals surface area contributed by atoms with E-state index in [1.54, 1.807) is 68.2 Å². The third-order valence-electron chi connectivity index (χ3n) is 11.1. The van der Waals surface area contributed by atoms with Crippen molar-refractivity contribution < 1.29 is 28.4 Å². The number of imidazole rings is 2. The van der Waals surface area contributed by atoms with Crippen molar-refractivity contribution in [2.45, 2.75) is 73.6 Å². The molecular weight excluding hydrogens is 795 g/mol. The fourth-order valence-electron chi connectivity index (χ4n) is 8.12. The molecule has 0 saturated carbocycles. The van der Waals surface area contributed by atoms with E-state index in [2.05, 4.69) is 20.8 Å². The van der Waals surface area contributed by atoms with Crippen LogP contribution in [0.3, 0.4) is 0 Å². The van der Waals surface area contributed by atoms with E-state index in [-0.39, 0.29) is 48.3 Å². The molecule has 1 aliphatic rings. The molecule has 7 aromatic rings. The van der Waals surface area contributed by atoms with E-state index >= 15 is 0 Å². The quantitative estimate of drug-likeness (QED) is 0.117. The Morgan fingerprint density at radius 3 is 1.94 bits per heavy atom. The zero-order chi connectivity index (χ0) is 44.0. The number of rotatable bonds is 13. The summed E-state index contributed by atoms with van der Waals surface area (Å²) in [6.45, 7) is 11.3. The lowest BCUT2D eigenvalue weighted by atomic mass is 9.96. The fourth-order valence-corrected chi connectivity index (χ4v) is 8.12. The number of nitrogens with two attached hydrogens (primary N) is 2. The summed E-state index contributed by atoms with van der Waals surface area (Å²) in [5.41, 5.74) is 16.5. The molecule has 19 heteroatoms. The zero-order valence-corrected chi connectivity index (χ0v) is 35.1. The number of carbonyl (C=O) groups is 5. The number of aromatic nitrogens is 8. The number of hydrogen-bond acceptors (Lipinski definition) is 10. The van der Waals surface area contributed by atoms with E-state index < -0.39 is 17.7 Å². The van der Waals surface area contributed by atoms with E-state index in [1.807, 2.05) is 44.4 Å². The van der Waals surface area contributed by atoms with Gasteiger partial charge in [-0.1, -0.05) is 12.2 Å². The van der Waals surface area contributed by atoms with Crippen molar-refractivity contribution in [2.75, 3.05) is 23.7 Å². The molecule has 0 unspecified atom stereocenters. The first-order valence-electron chi connectivity index (χ1n) is 20.4. The number of piperidine rings is 1. The Kier molecular flexibility index (Phi) is 10.9. The van der Waals surface area contributed by atoms with E-state index in [0.29, 0.717) is 106 Å². The van der Waals surface area contributed by atoms with Crippen LogP contribution < -0.4 is 22.1 Å². The largest absolute Gasteiger partial charge is 0.460 e. The third-order valence-corrected chi connectivity index (χ3v) is 11.1. The topological polar surface area (TPSA) is 249 Å². The maximum absolute atomic E-state index is 13.8. The van der Waals surface area contributed by atoms with Crippen LogP contribution in [-0.4, -0.2) is 86.2 Å². The molecule has 1 saturated heterocycles. The van der Waals surface area contributed by atoms with Crippen molar-refractivity contribution in [3.05, 3.63) is 94.3 Å². The molecule has 320 valence electrons. The number of amides is 5. The van der Waals surface area contributed by atoms with Gasteiger partial charge in [-0.05, 0) is 89.9 Å². The SMILES string of the molecule is CCn1nc(C)cc1C(=O)Nc1nc2ccc(C(=O)N3CCC(C(N)=O)CC3)cc2n1C/C=C/Cn1c(NC(=O)c2cc(C)nn2CC)nc2cc(C(N)=O)c3oc(C)cc3c21. The molecule has 0 spiro atoms. The van der Waals surface area contributed by atoms with Crippen LogP contribution in [0.4, 0.5) is 11.9 Å². The summed E-state index contributed by atoms with van der Waals surface area (Å²) >= 11 is 0. The fraction of sp³-hybridized carbons (Fsp3) is 0.326. The van der Waals surface area contributed by atoms with Crippen molar-refractivity contribution in [3.8, 4) is 0 Å². The minimum absolute atomic E-state index is 0.157. The van der Waals surface area contributed by atoms with Crippen LogP contribution in [0.1, 0.15) is 85.5 Å². The summed E-state index contributed by atoms with van der Waals surface area (Å²) < 4.78 is 12.8. The van der Waals surface area contributed by atoms with Gasteiger partial charge in [-0.2, -0.15) is 10.2 Å². The number of nitrogens with one attached hydrogen (secondary N) is 2. The second-order valence-electron chi connectivity index (χ2n) is 15.4. The number of aryl methyl sites for hydroxylation is 5. The molecule has 5 amide bonds. The summed E-state index contributed by atoms with van der Waals surface area (Å²) in [5, 5.41) is 15.3. The van der Waals surface area contributed by atoms with Gasteiger partial charge in [-0.15, -0.1) is 0 Å². The Hall–Kier alpha value is -7.57.